The van der Waals surface area contributed by atoms with Crippen LogP contribution in [0.3, 0.4) is 0 Å². The molecule has 1 aliphatic carbocycles. The average Bonchev–Trinajstić information content (AvgIpc) is 3.25. The summed E-state index contributed by atoms with van der Waals surface area (Å²) in [4.78, 5) is 12.3. The van der Waals surface area contributed by atoms with Crippen molar-refractivity contribution in [2.45, 2.75) is 37.8 Å². The Morgan fingerprint density at radius 2 is 2.16 bits per heavy atom. The van der Waals surface area contributed by atoms with Crippen molar-refractivity contribution in [1.29, 1.82) is 0 Å². The van der Waals surface area contributed by atoms with Crippen molar-refractivity contribution >= 4 is 11.7 Å². The topological polar surface area (TPSA) is 68.2 Å². The van der Waals surface area contributed by atoms with Crippen LogP contribution in [0, 0.1) is 11.7 Å². The van der Waals surface area contributed by atoms with Crippen LogP contribution in [0.4, 0.5) is 14.9 Å². The van der Waals surface area contributed by atoms with E-state index < -0.39 is 0 Å². The van der Waals surface area contributed by atoms with E-state index in [1.54, 1.807) is 24.4 Å². The second kappa shape index (κ2) is 6.84. The number of nitrogens with zero attached hydrogens (tertiary/aromatic N) is 2. The van der Waals surface area contributed by atoms with Gasteiger partial charge in [-0.25, -0.2) is 13.9 Å². The number of urea groups is 1. The monoisotopic (exact) mass is 344 g/mol. The van der Waals surface area contributed by atoms with Crippen molar-refractivity contribution < 1.29 is 13.9 Å². The number of carbonyl (C=O) groups excluding carboxylic acids is 1. The molecule has 2 aliphatic rings. The van der Waals surface area contributed by atoms with Crippen LogP contribution < -0.4 is 10.6 Å². The van der Waals surface area contributed by atoms with Gasteiger partial charge in [0.1, 0.15) is 11.5 Å². The highest BCUT2D eigenvalue weighted by Crippen LogP contribution is 2.34. The van der Waals surface area contributed by atoms with Gasteiger partial charge < -0.3 is 15.4 Å². The fourth-order valence-electron chi connectivity index (χ4n) is 3.85. The lowest BCUT2D eigenvalue weighted by atomic mass is 9.82. The summed E-state index contributed by atoms with van der Waals surface area (Å²) >= 11 is 0. The van der Waals surface area contributed by atoms with Crippen LogP contribution in [0.25, 0.3) is 5.69 Å². The molecule has 2 amide bonds. The van der Waals surface area contributed by atoms with Gasteiger partial charge in [-0.1, -0.05) is 12.1 Å². The fraction of sp³-hybridized carbons (Fsp3) is 0.444. The molecule has 7 heteroatoms. The maximum atomic E-state index is 13.8. The van der Waals surface area contributed by atoms with Gasteiger partial charge in [0, 0.05) is 18.6 Å². The molecule has 1 aliphatic heterocycles. The first-order chi connectivity index (χ1) is 12.2. The standard InChI is InChI=1S/C18H21FN4O2/c19-14-4-1-2-6-16(14)23-11-12(10-20-23)21-18(24)22-15-5-3-7-17-13(15)8-9-25-17/h1-2,4,6,10-11,13,15,17H,3,5,7-9H2,(H2,21,22,24)/t13-,15-,17+/m1/s1. The second-order valence-electron chi connectivity index (χ2n) is 6.62. The lowest BCUT2D eigenvalue weighted by molar-refractivity contribution is 0.0553. The molecule has 4 rings (SSSR count). The summed E-state index contributed by atoms with van der Waals surface area (Å²) in [6.45, 7) is 0.782. The number of nitrogens with one attached hydrogen (secondary N) is 2. The van der Waals surface area contributed by atoms with E-state index in [2.05, 4.69) is 15.7 Å². The Morgan fingerprint density at radius 1 is 1.28 bits per heavy atom. The van der Waals surface area contributed by atoms with Gasteiger partial charge in [-0.3, -0.25) is 0 Å². The molecule has 0 unspecified atom stereocenters. The predicted octanol–water partition coefficient (Wildman–Crippen LogP) is 3.09. The van der Waals surface area contributed by atoms with Crippen molar-refractivity contribution in [2.75, 3.05) is 11.9 Å². The molecular weight excluding hydrogens is 323 g/mol. The van der Waals surface area contributed by atoms with E-state index in [4.69, 9.17) is 4.74 Å². The first-order valence-corrected chi connectivity index (χ1v) is 8.69. The molecule has 1 aromatic heterocycles. The van der Waals surface area contributed by atoms with Gasteiger partial charge in [0.2, 0.25) is 0 Å². The quantitative estimate of drug-likeness (QED) is 0.899. The van der Waals surface area contributed by atoms with Gasteiger partial charge in [0.15, 0.2) is 0 Å². The third kappa shape index (κ3) is 3.37. The molecule has 2 heterocycles. The average molecular weight is 344 g/mol. The van der Waals surface area contributed by atoms with Gasteiger partial charge >= 0.3 is 6.03 Å². The lowest BCUT2D eigenvalue weighted by Crippen LogP contribution is -2.47. The number of benzene rings is 1. The summed E-state index contributed by atoms with van der Waals surface area (Å²) in [6, 6.07) is 6.25. The molecule has 0 bridgehead atoms. The summed E-state index contributed by atoms with van der Waals surface area (Å²) < 4.78 is 20.9. The number of hydrogen-bond acceptors (Lipinski definition) is 3. The molecule has 3 atom stereocenters. The largest absolute Gasteiger partial charge is 0.378 e. The number of amides is 2. The maximum Gasteiger partial charge on any atom is 0.319 e. The Labute approximate surface area is 145 Å². The predicted molar refractivity (Wildman–Crippen MR) is 91.2 cm³/mol. The minimum atomic E-state index is -0.365. The molecule has 6 nitrogen and oxygen atoms in total. The number of para-hydroxylation sites is 1. The maximum absolute atomic E-state index is 13.8. The molecule has 1 saturated carbocycles. The smallest absolute Gasteiger partial charge is 0.319 e. The number of aromatic nitrogens is 2. The van der Waals surface area contributed by atoms with Crippen LogP contribution in [0.2, 0.25) is 0 Å². The van der Waals surface area contributed by atoms with Crippen LogP contribution >= 0.6 is 0 Å². The van der Waals surface area contributed by atoms with E-state index in [0.717, 1.165) is 32.3 Å². The molecule has 1 saturated heterocycles. The van der Waals surface area contributed by atoms with E-state index >= 15 is 0 Å². The Hall–Kier alpha value is -2.41. The number of ether oxygens (including phenoxy) is 1. The third-order valence-corrected chi connectivity index (χ3v) is 5.04. The van der Waals surface area contributed by atoms with Crippen molar-refractivity contribution in [3.8, 4) is 5.69 Å². The lowest BCUT2D eigenvalue weighted by Gasteiger charge is -2.33. The minimum absolute atomic E-state index is 0.142. The summed E-state index contributed by atoms with van der Waals surface area (Å²) in [5.41, 5.74) is 0.866. The summed E-state index contributed by atoms with van der Waals surface area (Å²) in [5.74, 6) is 0.0386. The van der Waals surface area contributed by atoms with Crippen molar-refractivity contribution in [3.63, 3.8) is 0 Å². The van der Waals surface area contributed by atoms with Gasteiger partial charge in [-0.2, -0.15) is 5.10 Å². The molecule has 25 heavy (non-hydrogen) atoms. The molecule has 2 fully saturated rings. The van der Waals surface area contributed by atoms with E-state index in [0.29, 0.717) is 17.3 Å². The normalized spacial score (nSPS) is 25.4. The second-order valence-corrected chi connectivity index (χ2v) is 6.62. The van der Waals surface area contributed by atoms with Crippen LogP contribution in [-0.2, 0) is 4.74 Å². The van der Waals surface area contributed by atoms with Crippen molar-refractivity contribution in [3.05, 3.63) is 42.5 Å². The number of hydrogen-bond donors (Lipinski definition) is 2. The molecule has 1 aromatic carbocycles. The van der Waals surface area contributed by atoms with Gasteiger partial charge in [-0.05, 0) is 37.8 Å². The summed E-state index contributed by atoms with van der Waals surface area (Å²) in [7, 11) is 0. The number of halogens is 1. The number of rotatable bonds is 3. The minimum Gasteiger partial charge on any atom is -0.378 e. The fourth-order valence-corrected chi connectivity index (χ4v) is 3.85. The Bertz CT molecular complexity index is 763. The van der Waals surface area contributed by atoms with Crippen molar-refractivity contribution in [2.24, 2.45) is 5.92 Å². The van der Waals surface area contributed by atoms with Crippen LogP contribution in [0.5, 0.6) is 0 Å². The zero-order chi connectivity index (χ0) is 17.2. The molecule has 0 spiro atoms. The summed E-state index contributed by atoms with van der Waals surface area (Å²) in [6.07, 6.45) is 7.52. The Balaban J connectivity index is 1.39. The zero-order valence-electron chi connectivity index (χ0n) is 13.8. The van der Waals surface area contributed by atoms with E-state index in [1.165, 1.54) is 16.9 Å². The van der Waals surface area contributed by atoms with E-state index in [1.807, 2.05) is 0 Å². The SMILES string of the molecule is O=C(Nc1cnn(-c2ccccc2F)c1)N[C@@H]1CCC[C@@H]2OCC[C@@H]21. The molecule has 2 aromatic rings. The highest BCUT2D eigenvalue weighted by molar-refractivity contribution is 5.89. The molecular formula is C18H21FN4O2. The van der Waals surface area contributed by atoms with E-state index in [-0.39, 0.29) is 24.0 Å². The molecule has 132 valence electrons. The van der Waals surface area contributed by atoms with Gasteiger partial charge in [-0.15, -0.1) is 0 Å². The van der Waals surface area contributed by atoms with Gasteiger partial charge in [0.05, 0.1) is 24.2 Å². The number of carbonyl (C=O) groups is 1. The highest BCUT2D eigenvalue weighted by atomic mass is 19.1. The zero-order valence-corrected chi connectivity index (χ0v) is 13.8. The van der Waals surface area contributed by atoms with Crippen LogP contribution in [0.15, 0.2) is 36.7 Å². The first kappa shape index (κ1) is 16.1. The molecule has 0 radical (unpaired) electrons. The number of anilines is 1. The first-order valence-electron chi connectivity index (χ1n) is 8.69. The Morgan fingerprint density at radius 3 is 3.04 bits per heavy atom. The highest BCUT2D eigenvalue weighted by Gasteiger charge is 2.38. The van der Waals surface area contributed by atoms with Crippen LogP contribution in [0.1, 0.15) is 25.7 Å². The van der Waals surface area contributed by atoms with Crippen molar-refractivity contribution in [1.82, 2.24) is 15.1 Å². The summed E-state index contributed by atoms with van der Waals surface area (Å²) in [5, 5.41) is 9.95. The van der Waals surface area contributed by atoms with Gasteiger partial charge in [0.25, 0.3) is 0 Å². The molecule has 2 N–H and O–H groups in total. The third-order valence-electron chi connectivity index (χ3n) is 5.04. The van der Waals surface area contributed by atoms with E-state index in [9.17, 15) is 9.18 Å². The Kier molecular flexibility index (Phi) is 4.40. The van der Waals surface area contributed by atoms with Crippen LogP contribution in [-0.4, -0.2) is 34.6 Å². The number of fused-ring (bicyclic) bond motifs is 1.